The summed E-state index contributed by atoms with van der Waals surface area (Å²) in [5.41, 5.74) is 5.83. The van der Waals surface area contributed by atoms with Crippen LogP contribution in [0.1, 0.15) is 18.9 Å². The van der Waals surface area contributed by atoms with Crippen molar-refractivity contribution in [1.82, 2.24) is 0 Å². The zero-order chi connectivity index (χ0) is 15.8. The maximum atomic E-state index is 13.1. The first-order chi connectivity index (χ1) is 9.95. The van der Waals surface area contributed by atoms with Crippen LogP contribution in [-0.2, 0) is 15.3 Å². The molecule has 0 aliphatic carbocycles. The van der Waals surface area contributed by atoms with Crippen molar-refractivity contribution in [2.24, 2.45) is 5.73 Å². The topological polar surface area (TPSA) is 95.5 Å². The summed E-state index contributed by atoms with van der Waals surface area (Å²) in [6.07, 6.45) is 0.395. The largest absolute Gasteiger partial charge is 0.465 e. The lowest BCUT2D eigenvalue weighted by Crippen LogP contribution is -2.32. The number of hydrogen-bond donors (Lipinski definition) is 1. The van der Waals surface area contributed by atoms with Gasteiger partial charge in [-0.3, -0.25) is 14.9 Å². The van der Waals surface area contributed by atoms with E-state index in [9.17, 15) is 19.3 Å². The van der Waals surface area contributed by atoms with E-state index < -0.39 is 22.8 Å². The van der Waals surface area contributed by atoms with E-state index in [4.69, 9.17) is 10.5 Å². The fraction of sp³-hybridized carbons (Fsp3) is 0.462. The highest BCUT2D eigenvalue weighted by atomic mass is 32.2. The monoisotopic (exact) mass is 316 g/mol. The van der Waals surface area contributed by atoms with Gasteiger partial charge in [0, 0.05) is 17.4 Å². The van der Waals surface area contributed by atoms with E-state index in [1.807, 2.05) is 0 Å². The first-order valence-corrected chi connectivity index (χ1v) is 7.54. The molecule has 0 fully saturated rings. The number of nitrogens with two attached hydrogens (primary N) is 1. The van der Waals surface area contributed by atoms with Gasteiger partial charge in [0.25, 0.3) is 5.69 Å². The molecule has 0 saturated heterocycles. The quantitative estimate of drug-likeness (QED) is 0.342. The first kappa shape index (κ1) is 17.4. The van der Waals surface area contributed by atoms with Gasteiger partial charge in [-0.05, 0) is 31.2 Å². The standard InChI is InChI=1S/C13H17FN2O4S/c1-2-20-13(17)11(15)5-6-21-8-9-7-10(14)3-4-12(9)16(18)19/h3-4,7,11H,2,5-6,8,15H2,1H3. The molecule has 1 aromatic carbocycles. The molecule has 2 N–H and O–H groups in total. The molecule has 21 heavy (non-hydrogen) atoms. The number of rotatable bonds is 8. The van der Waals surface area contributed by atoms with Gasteiger partial charge in [0.2, 0.25) is 0 Å². The molecule has 0 aromatic heterocycles. The van der Waals surface area contributed by atoms with Crippen molar-refractivity contribution in [2.75, 3.05) is 12.4 Å². The molecule has 0 aliphatic rings. The van der Waals surface area contributed by atoms with Crippen molar-refractivity contribution in [1.29, 1.82) is 0 Å². The van der Waals surface area contributed by atoms with Crippen LogP contribution in [0.2, 0.25) is 0 Å². The SMILES string of the molecule is CCOC(=O)C(N)CCSCc1cc(F)ccc1[N+](=O)[O-]. The van der Waals surface area contributed by atoms with Crippen LogP contribution >= 0.6 is 11.8 Å². The Morgan fingerprint density at radius 3 is 2.90 bits per heavy atom. The molecule has 8 heteroatoms. The molecule has 0 bridgehead atoms. The summed E-state index contributed by atoms with van der Waals surface area (Å²) < 4.78 is 17.9. The smallest absolute Gasteiger partial charge is 0.322 e. The van der Waals surface area contributed by atoms with E-state index in [1.54, 1.807) is 6.92 Å². The van der Waals surface area contributed by atoms with Crippen molar-refractivity contribution >= 4 is 23.4 Å². The molecule has 0 radical (unpaired) electrons. The van der Waals surface area contributed by atoms with E-state index in [1.165, 1.54) is 11.8 Å². The zero-order valence-electron chi connectivity index (χ0n) is 11.6. The Hall–Kier alpha value is -1.67. The molecule has 1 rings (SSSR count). The number of ether oxygens (including phenoxy) is 1. The average molecular weight is 316 g/mol. The van der Waals surface area contributed by atoms with Crippen LogP contribution in [0.25, 0.3) is 0 Å². The molecule has 1 aromatic rings. The van der Waals surface area contributed by atoms with E-state index in [0.29, 0.717) is 17.7 Å². The highest BCUT2D eigenvalue weighted by Crippen LogP contribution is 2.24. The summed E-state index contributed by atoms with van der Waals surface area (Å²) in [5, 5.41) is 10.8. The van der Waals surface area contributed by atoms with Crippen molar-refractivity contribution in [3.63, 3.8) is 0 Å². The number of nitrogens with zero attached hydrogens (tertiary/aromatic N) is 1. The van der Waals surface area contributed by atoms with Crippen molar-refractivity contribution in [3.8, 4) is 0 Å². The molecule has 0 aliphatic heterocycles. The van der Waals surface area contributed by atoms with E-state index in [-0.39, 0.29) is 18.0 Å². The molecule has 0 amide bonds. The number of hydrogen-bond acceptors (Lipinski definition) is 6. The lowest BCUT2D eigenvalue weighted by atomic mass is 10.2. The van der Waals surface area contributed by atoms with E-state index >= 15 is 0 Å². The molecule has 0 heterocycles. The number of carbonyl (C=O) groups excluding carboxylic acids is 1. The maximum absolute atomic E-state index is 13.1. The second kappa shape index (κ2) is 8.58. The molecule has 1 unspecified atom stereocenters. The third-order valence-corrected chi connectivity index (χ3v) is 3.70. The molecule has 0 spiro atoms. The Morgan fingerprint density at radius 1 is 1.57 bits per heavy atom. The van der Waals surface area contributed by atoms with E-state index in [0.717, 1.165) is 18.2 Å². The minimum atomic E-state index is -0.708. The Bertz CT molecular complexity index is 513. The van der Waals surface area contributed by atoms with Gasteiger partial charge in [0.15, 0.2) is 0 Å². The molecule has 1 atom stereocenters. The van der Waals surface area contributed by atoms with Crippen LogP contribution in [0.5, 0.6) is 0 Å². The lowest BCUT2D eigenvalue weighted by Gasteiger charge is -2.10. The number of esters is 1. The van der Waals surface area contributed by atoms with Crippen LogP contribution in [-0.4, -0.2) is 29.3 Å². The predicted molar refractivity (Wildman–Crippen MR) is 78.4 cm³/mol. The van der Waals surface area contributed by atoms with Crippen LogP contribution < -0.4 is 5.73 Å². The van der Waals surface area contributed by atoms with Crippen molar-refractivity contribution in [3.05, 3.63) is 39.7 Å². The van der Waals surface area contributed by atoms with Gasteiger partial charge in [-0.15, -0.1) is 0 Å². The molecule has 116 valence electrons. The van der Waals surface area contributed by atoms with Crippen LogP contribution in [0.3, 0.4) is 0 Å². The minimum Gasteiger partial charge on any atom is -0.465 e. The highest BCUT2D eigenvalue weighted by molar-refractivity contribution is 7.98. The Balaban J connectivity index is 2.47. The van der Waals surface area contributed by atoms with Crippen LogP contribution in [0.4, 0.5) is 10.1 Å². The third kappa shape index (κ3) is 5.68. The van der Waals surface area contributed by atoms with Gasteiger partial charge >= 0.3 is 5.97 Å². The lowest BCUT2D eigenvalue weighted by molar-refractivity contribution is -0.385. The highest BCUT2D eigenvalue weighted by Gasteiger charge is 2.16. The first-order valence-electron chi connectivity index (χ1n) is 6.38. The second-order valence-corrected chi connectivity index (χ2v) is 5.34. The Labute approximate surface area is 126 Å². The Morgan fingerprint density at radius 2 is 2.29 bits per heavy atom. The number of halogens is 1. The summed E-state index contributed by atoms with van der Waals surface area (Å²) in [5.74, 6) is -0.175. The third-order valence-electron chi connectivity index (χ3n) is 2.66. The zero-order valence-corrected chi connectivity index (χ0v) is 12.4. The number of thioether (sulfide) groups is 1. The fourth-order valence-corrected chi connectivity index (χ4v) is 2.62. The average Bonchev–Trinajstić information content (AvgIpc) is 2.43. The van der Waals surface area contributed by atoms with Crippen molar-refractivity contribution < 1.29 is 18.8 Å². The fourth-order valence-electron chi connectivity index (χ4n) is 1.61. The van der Waals surface area contributed by atoms with Gasteiger partial charge in [-0.2, -0.15) is 11.8 Å². The predicted octanol–water partition coefficient (Wildman–Crippen LogP) is 2.25. The number of benzene rings is 1. The summed E-state index contributed by atoms with van der Waals surface area (Å²) >= 11 is 1.35. The van der Waals surface area contributed by atoms with Gasteiger partial charge in [-0.25, -0.2) is 4.39 Å². The number of nitro groups is 1. The van der Waals surface area contributed by atoms with Gasteiger partial charge in [-0.1, -0.05) is 0 Å². The molecular weight excluding hydrogens is 299 g/mol. The van der Waals surface area contributed by atoms with Crippen LogP contribution in [0, 0.1) is 15.9 Å². The summed E-state index contributed by atoms with van der Waals surface area (Å²) in [6.45, 7) is 1.97. The van der Waals surface area contributed by atoms with Gasteiger partial charge in [0.05, 0.1) is 11.5 Å². The minimum absolute atomic E-state index is 0.112. The molecule has 0 saturated carbocycles. The summed E-state index contributed by atoms with van der Waals surface area (Å²) in [4.78, 5) is 21.6. The van der Waals surface area contributed by atoms with Gasteiger partial charge in [0.1, 0.15) is 11.9 Å². The normalized spacial score (nSPS) is 12.0. The maximum Gasteiger partial charge on any atom is 0.322 e. The summed E-state index contributed by atoms with van der Waals surface area (Å²) in [7, 11) is 0. The molecular formula is C13H17FN2O4S. The molecule has 6 nitrogen and oxygen atoms in total. The van der Waals surface area contributed by atoms with Crippen LogP contribution in [0.15, 0.2) is 18.2 Å². The number of carbonyl (C=O) groups is 1. The second-order valence-electron chi connectivity index (χ2n) is 4.23. The number of nitro benzene ring substituents is 1. The van der Waals surface area contributed by atoms with Gasteiger partial charge < -0.3 is 10.5 Å². The Kier molecular flexibility index (Phi) is 7.10. The van der Waals surface area contributed by atoms with Crippen molar-refractivity contribution in [2.45, 2.75) is 25.1 Å². The van der Waals surface area contributed by atoms with E-state index in [2.05, 4.69) is 0 Å². The summed E-state index contributed by atoms with van der Waals surface area (Å²) in [6, 6.07) is 2.65.